The van der Waals surface area contributed by atoms with E-state index in [0.29, 0.717) is 5.56 Å². The molecule has 0 amide bonds. The molecule has 0 aliphatic heterocycles. The van der Waals surface area contributed by atoms with Crippen molar-refractivity contribution in [3.63, 3.8) is 0 Å². The first kappa shape index (κ1) is 16.2. The van der Waals surface area contributed by atoms with Crippen molar-refractivity contribution in [3.05, 3.63) is 58.7 Å². The Morgan fingerprint density at radius 2 is 1.55 bits per heavy atom. The molecule has 0 atom stereocenters. The van der Waals surface area contributed by atoms with Crippen LogP contribution in [0.3, 0.4) is 0 Å². The van der Waals surface area contributed by atoms with Gasteiger partial charge in [0.25, 0.3) is 0 Å². The minimum absolute atomic E-state index is 0.0633. The third kappa shape index (κ3) is 3.36. The van der Waals surface area contributed by atoms with Crippen LogP contribution in [0, 0.1) is 20.8 Å². The van der Waals surface area contributed by atoms with E-state index in [0.717, 1.165) is 11.1 Å². The van der Waals surface area contributed by atoms with Gasteiger partial charge in [-0.25, -0.2) is 0 Å². The summed E-state index contributed by atoms with van der Waals surface area (Å²) in [5, 5.41) is 0. The van der Waals surface area contributed by atoms with Gasteiger partial charge >= 0.3 is 10.1 Å². The molecule has 22 heavy (non-hydrogen) atoms. The highest BCUT2D eigenvalue weighted by atomic mass is 32.2. The zero-order valence-corrected chi connectivity index (χ0v) is 13.8. The van der Waals surface area contributed by atoms with E-state index in [1.165, 1.54) is 6.92 Å². The van der Waals surface area contributed by atoms with E-state index in [4.69, 9.17) is 4.18 Å². The fraction of sp³-hybridized carbons (Fsp3) is 0.235. The highest BCUT2D eigenvalue weighted by molar-refractivity contribution is 7.87. The number of carbonyl (C=O) groups is 1. The van der Waals surface area contributed by atoms with E-state index >= 15 is 0 Å². The zero-order chi connectivity index (χ0) is 16.5. The number of carbonyl (C=O) groups excluding carboxylic acids is 1. The topological polar surface area (TPSA) is 60.4 Å². The van der Waals surface area contributed by atoms with Gasteiger partial charge in [0.2, 0.25) is 0 Å². The fourth-order valence-electron chi connectivity index (χ4n) is 2.13. The maximum absolute atomic E-state index is 12.5. The molecule has 2 aromatic rings. The molecule has 2 rings (SSSR count). The summed E-state index contributed by atoms with van der Waals surface area (Å²) >= 11 is 0. The lowest BCUT2D eigenvalue weighted by atomic mass is 10.1. The van der Waals surface area contributed by atoms with Gasteiger partial charge in [0.1, 0.15) is 4.90 Å². The van der Waals surface area contributed by atoms with Crippen molar-refractivity contribution in [2.24, 2.45) is 0 Å². The number of hydrogen-bond acceptors (Lipinski definition) is 4. The van der Waals surface area contributed by atoms with Gasteiger partial charge in [0.05, 0.1) is 5.56 Å². The normalized spacial score (nSPS) is 11.3. The summed E-state index contributed by atoms with van der Waals surface area (Å²) in [6, 6.07) is 10.0. The maximum Gasteiger partial charge on any atom is 0.339 e. The van der Waals surface area contributed by atoms with Crippen molar-refractivity contribution < 1.29 is 17.4 Å². The number of aryl methyl sites for hydroxylation is 3. The molecular weight excluding hydrogens is 300 g/mol. The highest BCUT2D eigenvalue weighted by Crippen LogP contribution is 2.26. The summed E-state index contributed by atoms with van der Waals surface area (Å²) in [6.45, 7) is 6.70. The predicted octanol–water partition coefficient (Wildman–Crippen LogP) is 3.58. The molecule has 0 aliphatic rings. The molecule has 116 valence electrons. The molecule has 0 heterocycles. The lowest BCUT2D eigenvalue weighted by Gasteiger charge is -2.12. The molecule has 0 saturated heterocycles. The van der Waals surface area contributed by atoms with E-state index in [-0.39, 0.29) is 22.0 Å². The summed E-state index contributed by atoms with van der Waals surface area (Å²) in [7, 11) is -3.99. The van der Waals surface area contributed by atoms with E-state index in [9.17, 15) is 13.2 Å². The minimum atomic E-state index is -3.99. The second-order valence-corrected chi connectivity index (χ2v) is 6.88. The van der Waals surface area contributed by atoms with Gasteiger partial charge in [-0.3, -0.25) is 4.79 Å². The van der Waals surface area contributed by atoms with E-state index < -0.39 is 10.1 Å². The van der Waals surface area contributed by atoms with Crippen LogP contribution in [0.15, 0.2) is 41.3 Å². The van der Waals surface area contributed by atoms with Gasteiger partial charge < -0.3 is 4.18 Å². The van der Waals surface area contributed by atoms with Crippen LogP contribution in [0.5, 0.6) is 5.75 Å². The van der Waals surface area contributed by atoms with Crippen LogP contribution in [0.25, 0.3) is 0 Å². The monoisotopic (exact) mass is 318 g/mol. The molecular formula is C17H18O4S. The minimum Gasteiger partial charge on any atom is -0.378 e. The fourth-order valence-corrected chi connectivity index (χ4v) is 3.39. The number of ketones is 1. The van der Waals surface area contributed by atoms with Crippen LogP contribution in [0.1, 0.15) is 34.0 Å². The Balaban J connectivity index is 2.52. The maximum atomic E-state index is 12.5. The van der Waals surface area contributed by atoms with Crippen LogP contribution >= 0.6 is 0 Å². The Kier molecular flexibility index (Phi) is 4.37. The van der Waals surface area contributed by atoms with Crippen molar-refractivity contribution in [1.82, 2.24) is 0 Å². The summed E-state index contributed by atoms with van der Waals surface area (Å²) in [4.78, 5) is 11.8. The lowest BCUT2D eigenvalue weighted by molar-refractivity contribution is 0.101. The van der Waals surface area contributed by atoms with E-state index in [1.807, 2.05) is 13.0 Å². The molecule has 0 saturated carbocycles. The van der Waals surface area contributed by atoms with Crippen LogP contribution in [-0.4, -0.2) is 14.2 Å². The van der Waals surface area contributed by atoms with E-state index in [2.05, 4.69) is 0 Å². The number of benzene rings is 2. The summed E-state index contributed by atoms with van der Waals surface area (Å²) in [5.74, 6) is -0.181. The first-order valence-corrected chi connectivity index (χ1v) is 8.25. The summed E-state index contributed by atoms with van der Waals surface area (Å²) < 4.78 is 30.3. The Morgan fingerprint density at radius 3 is 2.18 bits per heavy atom. The third-order valence-electron chi connectivity index (χ3n) is 3.33. The molecule has 4 nitrogen and oxygen atoms in total. The van der Waals surface area contributed by atoms with Gasteiger partial charge in [-0.15, -0.1) is 0 Å². The van der Waals surface area contributed by atoms with Gasteiger partial charge in [-0.05, 0) is 62.6 Å². The quantitative estimate of drug-likeness (QED) is 0.638. The molecule has 0 N–H and O–H groups in total. The van der Waals surface area contributed by atoms with Gasteiger partial charge in [-0.1, -0.05) is 18.2 Å². The molecule has 0 fully saturated rings. The second kappa shape index (κ2) is 5.93. The van der Waals surface area contributed by atoms with Gasteiger partial charge in [0, 0.05) is 0 Å². The third-order valence-corrected chi connectivity index (χ3v) is 4.71. The largest absolute Gasteiger partial charge is 0.378 e. The molecule has 5 heteroatoms. The van der Waals surface area contributed by atoms with Crippen LogP contribution in [-0.2, 0) is 10.1 Å². The number of Topliss-reactive ketones (excluding diaryl/α,β-unsaturated/α-hetero) is 1. The van der Waals surface area contributed by atoms with Crippen LogP contribution in [0.2, 0.25) is 0 Å². The second-order valence-electron chi connectivity index (χ2n) is 5.36. The van der Waals surface area contributed by atoms with Gasteiger partial charge in [-0.2, -0.15) is 8.42 Å². The Labute approximate surface area is 130 Å². The molecule has 0 bridgehead atoms. The Morgan fingerprint density at radius 1 is 0.955 bits per heavy atom. The number of hydrogen-bond donors (Lipinski definition) is 0. The molecule has 0 spiro atoms. The molecule has 0 radical (unpaired) electrons. The first-order chi connectivity index (χ1) is 10.2. The lowest BCUT2D eigenvalue weighted by Crippen LogP contribution is -2.13. The average Bonchev–Trinajstić information content (AvgIpc) is 2.40. The molecule has 0 unspecified atom stereocenters. The molecule has 2 aromatic carbocycles. The highest BCUT2D eigenvalue weighted by Gasteiger charge is 2.22. The number of rotatable bonds is 4. The Hall–Kier alpha value is -2.14. The summed E-state index contributed by atoms with van der Waals surface area (Å²) in [6.07, 6.45) is 0. The van der Waals surface area contributed by atoms with Crippen molar-refractivity contribution in [1.29, 1.82) is 0 Å². The van der Waals surface area contributed by atoms with Crippen molar-refractivity contribution in [2.45, 2.75) is 32.6 Å². The molecule has 0 aromatic heterocycles. The first-order valence-electron chi connectivity index (χ1n) is 6.84. The Bertz CT molecular complexity index is 836. The molecule has 0 aliphatic carbocycles. The van der Waals surface area contributed by atoms with Crippen LogP contribution < -0.4 is 4.18 Å². The predicted molar refractivity (Wildman–Crippen MR) is 84.9 cm³/mol. The SMILES string of the molecule is CC(=O)c1ccc(C)cc1OS(=O)(=O)c1cc(C)ccc1C. The standard InChI is InChI=1S/C17H18O4S/c1-11-6-8-15(14(4)18)16(9-11)21-22(19,20)17-10-12(2)5-7-13(17)3/h5-10H,1-4H3. The zero-order valence-electron chi connectivity index (χ0n) is 13.0. The smallest absolute Gasteiger partial charge is 0.339 e. The average molecular weight is 318 g/mol. The summed E-state index contributed by atoms with van der Waals surface area (Å²) in [5.41, 5.74) is 2.49. The van der Waals surface area contributed by atoms with Crippen LogP contribution in [0.4, 0.5) is 0 Å². The van der Waals surface area contributed by atoms with Crippen molar-refractivity contribution in [3.8, 4) is 5.75 Å². The van der Waals surface area contributed by atoms with Gasteiger partial charge in [0.15, 0.2) is 11.5 Å². The van der Waals surface area contributed by atoms with Crippen molar-refractivity contribution in [2.75, 3.05) is 0 Å². The van der Waals surface area contributed by atoms with Crippen molar-refractivity contribution >= 4 is 15.9 Å². The van der Waals surface area contributed by atoms with E-state index in [1.54, 1.807) is 44.2 Å².